The van der Waals surface area contributed by atoms with E-state index in [4.69, 9.17) is 4.74 Å². The summed E-state index contributed by atoms with van der Waals surface area (Å²) in [5, 5.41) is 10.8. The Labute approximate surface area is 134 Å². The fourth-order valence-electron chi connectivity index (χ4n) is 2.46. The monoisotopic (exact) mass is 340 g/mol. The number of carboxylic acid groups (broad SMARTS) is 1. The van der Waals surface area contributed by atoms with Crippen LogP contribution in [0.5, 0.6) is 0 Å². The molecule has 8 heteroatoms. The van der Waals surface area contributed by atoms with E-state index in [1.54, 1.807) is 6.92 Å². The van der Waals surface area contributed by atoms with Gasteiger partial charge in [-0.2, -0.15) is 4.31 Å². The standard InChI is InChI=1S/C15H19NO6S/c1-2-22-15(19)12-3-5-13(6-4-12)23(20,21)16-9-7-11(8-10-16)14(17)18/h3-6,11H,2,7-10H2,1H3,(H,17,18)/p-1. The molecule has 0 spiro atoms. The molecule has 1 aliphatic rings. The highest BCUT2D eigenvalue weighted by Gasteiger charge is 2.29. The zero-order valence-electron chi connectivity index (χ0n) is 12.7. The van der Waals surface area contributed by atoms with Crippen LogP contribution in [0.1, 0.15) is 30.1 Å². The lowest BCUT2D eigenvalue weighted by Crippen LogP contribution is -2.43. The Hall–Kier alpha value is -1.93. The number of carboxylic acids is 1. The van der Waals surface area contributed by atoms with Crippen LogP contribution in [0.2, 0.25) is 0 Å². The third-order valence-corrected chi connectivity index (χ3v) is 5.70. The lowest BCUT2D eigenvalue weighted by Gasteiger charge is -2.31. The Bertz CT molecular complexity index is 674. The number of carbonyl (C=O) groups excluding carboxylic acids is 2. The molecule has 0 amide bonds. The molecule has 1 aromatic carbocycles. The van der Waals surface area contributed by atoms with E-state index in [9.17, 15) is 23.1 Å². The Balaban J connectivity index is 2.11. The molecule has 23 heavy (non-hydrogen) atoms. The zero-order chi connectivity index (χ0) is 17.0. The van der Waals surface area contributed by atoms with Crippen LogP contribution in [0.15, 0.2) is 29.2 Å². The van der Waals surface area contributed by atoms with Crippen LogP contribution in [0.4, 0.5) is 0 Å². The van der Waals surface area contributed by atoms with Crippen molar-refractivity contribution in [3.8, 4) is 0 Å². The van der Waals surface area contributed by atoms with Crippen molar-refractivity contribution < 1.29 is 27.9 Å². The van der Waals surface area contributed by atoms with Gasteiger partial charge in [0.05, 0.1) is 17.1 Å². The third-order valence-electron chi connectivity index (χ3n) is 3.79. The van der Waals surface area contributed by atoms with Crippen LogP contribution in [-0.4, -0.2) is 44.4 Å². The molecule has 0 radical (unpaired) electrons. The number of rotatable bonds is 5. The van der Waals surface area contributed by atoms with Gasteiger partial charge >= 0.3 is 5.97 Å². The van der Waals surface area contributed by atoms with E-state index in [1.165, 1.54) is 28.6 Å². The predicted octanol–water partition coefficient (Wildman–Crippen LogP) is 0.0139. The van der Waals surface area contributed by atoms with Crippen molar-refractivity contribution in [3.05, 3.63) is 29.8 Å². The van der Waals surface area contributed by atoms with Crippen LogP contribution in [-0.2, 0) is 19.6 Å². The number of benzene rings is 1. The lowest BCUT2D eigenvalue weighted by molar-refractivity contribution is -0.312. The van der Waals surface area contributed by atoms with Crippen molar-refractivity contribution in [2.75, 3.05) is 19.7 Å². The van der Waals surface area contributed by atoms with Crippen molar-refractivity contribution in [3.63, 3.8) is 0 Å². The number of piperidine rings is 1. The van der Waals surface area contributed by atoms with E-state index in [0.717, 1.165) is 0 Å². The topological polar surface area (TPSA) is 104 Å². The van der Waals surface area contributed by atoms with Gasteiger partial charge in [0.15, 0.2) is 0 Å². The highest BCUT2D eigenvalue weighted by atomic mass is 32.2. The first-order valence-corrected chi connectivity index (χ1v) is 8.78. The van der Waals surface area contributed by atoms with Gasteiger partial charge < -0.3 is 14.6 Å². The summed E-state index contributed by atoms with van der Waals surface area (Å²) in [5.74, 6) is -2.25. The fraction of sp³-hybridized carbons (Fsp3) is 0.467. The quantitative estimate of drug-likeness (QED) is 0.700. The van der Waals surface area contributed by atoms with Gasteiger partial charge in [0, 0.05) is 25.0 Å². The molecular formula is C15H18NO6S-. The van der Waals surface area contributed by atoms with Crippen molar-refractivity contribution in [1.29, 1.82) is 0 Å². The SMILES string of the molecule is CCOC(=O)c1ccc(S(=O)(=O)N2CCC(C(=O)[O-])CC2)cc1. The molecule has 0 saturated carbocycles. The largest absolute Gasteiger partial charge is 0.550 e. The minimum atomic E-state index is -3.70. The summed E-state index contributed by atoms with van der Waals surface area (Å²) in [4.78, 5) is 22.4. The number of hydrogen-bond acceptors (Lipinski definition) is 6. The van der Waals surface area contributed by atoms with E-state index >= 15 is 0 Å². The van der Waals surface area contributed by atoms with E-state index in [0.29, 0.717) is 0 Å². The van der Waals surface area contributed by atoms with Crippen LogP contribution < -0.4 is 5.11 Å². The third kappa shape index (κ3) is 3.89. The summed E-state index contributed by atoms with van der Waals surface area (Å²) in [6.45, 7) is 2.21. The summed E-state index contributed by atoms with van der Waals surface area (Å²) < 4.78 is 31.1. The van der Waals surface area contributed by atoms with Gasteiger partial charge in [-0.15, -0.1) is 0 Å². The van der Waals surface area contributed by atoms with Gasteiger partial charge in [-0.05, 0) is 44.0 Å². The predicted molar refractivity (Wildman–Crippen MR) is 78.9 cm³/mol. The molecular weight excluding hydrogens is 322 g/mol. The number of hydrogen-bond donors (Lipinski definition) is 0. The fourth-order valence-corrected chi connectivity index (χ4v) is 3.93. The second-order valence-corrected chi connectivity index (χ2v) is 7.18. The van der Waals surface area contributed by atoms with Gasteiger partial charge in [-0.3, -0.25) is 0 Å². The number of sulfonamides is 1. The summed E-state index contributed by atoms with van der Waals surface area (Å²) >= 11 is 0. The van der Waals surface area contributed by atoms with Gasteiger partial charge in [-0.25, -0.2) is 13.2 Å². The summed E-state index contributed by atoms with van der Waals surface area (Å²) in [6, 6.07) is 5.51. The van der Waals surface area contributed by atoms with Gasteiger partial charge in [0.2, 0.25) is 10.0 Å². The van der Waals surface area contributed by atoms with Crippen LogP contribution >= 0.6 is 0 Å². The molecule has 1 aliphatic heterocycles. The summed E-state index contributed by atoms with van der Waals surface area (Å²) in [7, 11) is -3.70. The number of nitrogens with zero attached hydrogens (tertiary/aromatic N) is 1. The maximum atomic E-state index is 12.5. The van der Waals surface area contributed by atoms with E-state index in [1.807, 2.05) is 0 Å². The molecule has 0 aromatic heterocycles. The molecule has 126 valence electrons. The van der Waals surface area contributed by atoms with Gasteiger partial charge in [-0.1, -0.05) is 0 Å². The molecule has 0 bridgehead atoms. The Morgan fingerprint density at radius 3 is 2.26 bits per heavy atom. The first-order valence-electron chi connectivity index (χ1n) is 7.34. The Morgan fingerprint density at radius 2 is 1.78 bits per heavy atom. The number of esters is 1. The highest BCUT2D eigenvalue weighted by molar-refractivity contribution is 7.89. The van der Waals surface area contributed by atoms with Gasteiger partial charge in [0.1, 0.15) is 0 Å². The average molecular weight is 340 g/mol. The van der Waals surface area contributed by atoms with Crippen LogP contribution in [0.3, 0.4) is 0 Å². The Kier molecular flexibility index (Phi) is 5.38. The molecule has 1 heterocycles. The van der Waals surface area contributed by atoms with Gasteiger partial charge in [0.25, 0.3) is 0 Å². The number of ether oxygens (including phenoxy) is 1. The van der Waals surface area contributed by atoms with E-state index in [-0.39, 0.29) is 43.0 Å². The number of aliphatic carboxylic acids is 1. The maximum absolute atomic E-state index is 12.5. The zero-order valence-corrected chi connectivity index (χ0v) is 13.5. The second-order valence-electron chi connectivity index (χ2n) is 5.24. The van der Waals surface area contributed by atoms with Crippen molar-refractivity contribution in [1.82, 2.24) is 4.31 Å². The molecule has 1 aromatic rings. The first-order chi connectivity index (χ1) is 10.9. The van der Waals surface area contributed by atoms with Crippen molar-refractivity contribution in [2.45, 2.75) is 24.7 Å². The minimum Gasteiger partial charge on any atom is -0.550 e. The normalized spacial score (nSPS) is 16.9. The second kappa shape index (κ2) is 7.10. The molecule has 0 aliphatic carbocycles. The lowest BCUT2D eigenvalue weighted by atomic mass is 9.99. The van der Waals surface area contributed by atoms with Crippen molar-refractivity contribution in [2.24, 2.45) is 5.92 Å². The van der Waals surface area contributed by atoms with E-state index in [2.05, 4.69) is 0 Å². The van der Waals surface area contributed by atoms with E-state index < -0.39 is 27.9 Å². The average Bonchev–Trinajstić information content (AvgIpc) is 2.55. The summed E-state index contributed by atoms with van der Waals surface area (Å²) in [5.41, 5.74) is 0.279. The molecule has 1 fully saturated rings. The molecule has 0 atom stereocenters. The highest BCUT2D eigenvalue weighted by Crippen LogP contribution is 2.23. The van der Waals surface area contributed by atoms with Crippen LogP contribution in [0.25, 0.3) is 0 Å². The number of carbonyl (C=O) groups is 2. The molecule has 0 N–H and O–H groups in total. The molecule has 2 rings (SSSR count). The minimum absolute atomic E-state index is 0.0671. The molecule has 7 nitrogen and oxygen atoms in total. The Morgan fingerprint density at radius 1 is 1.22 bits per heavy atom. The van der Waals surface area contributed by atoms with Crippen molar-refractivity contribution >= 4 is 22.0 Å². The summed E-state index contributed by atoms with van der Waals surface area (Å²) in [6.07, 6.45) is 0.477. The van der Waals surface area contributed by atoms with Crippen LogP contribution in [0, 0.1) is 5.92 Å². The first kappa shape index (κ1) is 17.4. The molecule has 0 unspecified atom stereocenters. The molecule has 1 saturated heterocycles. The maximum Gasteiger partial charge on any atom is 0.338 e. The smallest absolute Gasteiger partial charge is 0.338 e.